The molecule has 0 unspecified atom stereocenters. The third-order valence-corrected chi connectivity index (χ3v) is 12.4. The van der Waals surface area contributed by atoms with E-state index < -0.39 is 59.1 Å². The number of halogens is 4. The van der Waals surface area contributed by atoms with Crippen LogP contribution in [0.2, 0.25) is 0 Å². The van der Waals surface area contributed by atoms with Gasteiger partial charge in [0.25, 0.3) is 11.8 Å². The summed E-state index contributed by atoms with van der Waals surface area (Å²) in [5, 5.41) is 11.4. The number of hydrogen-bond donors (Lipinski definition) is 4. The Balaban J connectivity index is 0.992. The minimum absolute atomic E-state index is 0.0631. The van der Waals surface area contributed by atoms with Crippen LogP contribution in [0.3, 0.4) is 0 Å². The minimum Gasteiger partial charge on any atom is -0.355 e. The molecule has 5 aromatic carbocycles. The predicted octanol–water partition coefficient (Wildman–Crippen LogP) is 5.06. The molecule has 0 radical (unpaired) electrons. The highest BCUT2D eigenvalue weighted by Gasteiger charge is 2.45. The molecule has 4 N–H and O–H groups in total. The fraction of sp³-hybridized carbons (Fsp3) is 0.308. The van der Waals surface area contributed by atoms with Gasteiger partial charge in [-0.1, -0.05) is 48.5 Å². The van der Waals surface area contributed by atoms with E-state index >= 15 is 0 Å². The van der Waals surface area contributed by atoms with Crippen LogP contribution in [0.4, 0.5) is 17.6 Å². The number of benzene rings is 5. The van der Waals surface area contributed by atoms with E-state index in [1.807, 2.05) is 0 Å². The van der Waals surface area contributed by atoms with E-state index in [1.54, 1.807) is 48.5 Å². The monoisotopic (exact) mass is 932 g/mol. The molecule has 2 aliphatic rings. The minimum atomic E-state index is -0.893. The van der Waals surface area contributed by atoms with Crippen LogP contribution in [0.1, 0.15) is 43.0 Å². The lowest BCUT2D eigenvalue weighted by molar-refractivity contribution is -0.132. The normalized spacial score (nSPS) is 17.6. The molecule has 16 heteroatoms. The number of nitrogens with zero attached hydrogens (tertiary/aromatic N) is 2. The van der Waals surface area contributed by atoms with Crippen LogP contribution >= 0.6 is 0 Å². The van der Waals surface area contributed by atoms with Crippen molar-refractivity contribution in [3.8, 4) is 0 Å². The lowest BCUT2D eigenvalue weighted by Crippen LogP contribution is -2.42. The molecule has 12 nitrogen and oxygen atoms in total. The van der Waals surface area contributed by atoms with Gasteiger partial charge in [-0.25, -0.2) is 17.6 Å². The van der Waals surface area contributed by atoms with Gasteiger partial charge in [-0.2, -0.15) is 0 Å². The zero-order chi connectivity index (χ0) is 48.2. The Labute approximate surface area is 391 Å². The van der Waals surface area contributed by atoms with Gasteiger partial charge in [0, 0.05) is 63.5 Å². The Morgan fingerprint density at radius 1 is 0.353 bits per heavy atom. The maximum atomic E-state index is 14.0. The second kappa shape index (κ2) is 22.9. The van der Waals surface area contributed by atoms with Crippen molar-refractivity contribution >= 4 is 35.4 Å². The maximum Gasteiger partial charge on any atom is 0.253 e. The molecule has 68 heavy (non-hydrogen) atoms. The van der Waals surface area contributed by atoms with Gasteiger partial charge in [-0.3, -0.25) is 28.8 Å². The lowest BCUT2D eigenvalue weighted by Gasteiger charge is -2.18. The molecule has 4 atom stereocenters. The van der Waals surface area contributed by atoms with Crippen LogP contribution in [-0.4, -0.2) is 97.6 Å². The predicted molar refractivity (Wildman–Crippen MR) is 245 cm³/mol. The quantitative estimate of drug-likeness (QED) is 0.0902. The first-order valence-corrected chi connectivity index (χ1v) is 22.6. The van der Waals surface area contributed by atoms with Crippen LogP contribution in [0.5, 0.6) is 0 Å². The molecule has 7 rings (SSSR count). The molecule has 6 amide bonds. The Hall–Kier alpha value is -7.36. The number of hydrogen-bond acceptors (Lipinski definition) is 6. The van der Waals surface area contributed by atoms with E-state index in [1.165, 1.54) is 82.6 Å². The zero-order valence-corrected chi connectivity index (χ0v) is 37.2. The fourth-order valence-electron chi connectivity index (χ4n) is 8.57. The second-order valence-electron chi connectivity index (χ2n) is 17.1. The Bertz CT molecular complexity index is 2240. The van der Waals surface area contributed by atoms with Crippen LogP contribution in [0.15, 0.2) is 121 Å². The van der Waals surface area contributed by atoms with Crippen molar-refractivity contribution < 1.29 is 46.3 Å². The average molecular weight is 933 g/mol. The Morgan fingerprint density at radius 2 is 0.559 bits per heavy atom. The number of carbonyl (C=O) groups excluding carboxylic acids is 6. The number of rotatable bonds is 18. The van der Waals surface area contributed by atoms with Crippen molar-refractivity contribution in [1.29, 1.82) is 0 Å². The molecule has 354 valence electrons. The van der Waals surface area contributed by atoms with Crippen molar-refractivity contribution in [1.82, 2.24) is 31.1 Å². The summed E-state index contributed by atoms with van der Waals surface area (Å²) in [7, 11) is 0. The van der Waals surface area contributed by atoms with Gasteiger partial charge in [0.2, 0.25) is 23.6 Å². The first-order chi connectivity index (χ1) is 32.8. The summed E-state index contributed by atoms with van der Waals surface area (Å²) in [5.74, 6) is -7.72. The standard InChI is InChI=1S/C52H52F4N6O6/c53-39-13-1-33(2-14-39)21-25-57-47(63)43-29-61(30-44(43)48(64)58-26-22-34-3-15-40(54)16-4-34)51(67)37-9-11-38(12-10-37)52(68)62-31-45(49(65)59-27-23-35-5-17-41(55)18-6-35)46(32-62)50(66)60-28-24-36-7-19-42(56)20-8-36/h1-20,43-46H,21-32H2,(H,57,63)(H,58,64)(H,59,65)(H,60,66)/t43-,44-,45+,46+. The smallest absolute Gasteiger partial charge is 0.253 e. The molecular formula is C52H52F4N6O6. The number of amides is 6. The van der Waals surface area contributed by atoms with E-state index in [2.05, 4.69) is 21.3 Å². The largest absolute Gasteiger partial charge is 0.355 e. The number of carbonyl (C=O) groups is 6. The van der Waals surface area contributed by atoms with Crippen molar-refractivity contribution in [2.24, 2.45) is 23.7 Å². The average Bonchev–Trinajstić information content (AvgIpc) is 4.01. The van der Waals surface area contributed by atoms with Crippen LogP contribution in [0.25, 0.3) is 0 Å². The molecule has 0 aliphatic carbocycles. The molecule has 2 fully saturated rings. The highest BCUT2D eigenvalue weighted by atomic mass is 19.1. The summed E-state index contributed by atoms with van der Waals surface area (Å²) >= 11 is 0. The molecular weight excluding hydrogens is 881 g/mol. The van der Waals surface area contributed by atoms with Gasteiger partial charge in [0.1, 0.15) is 23.3 Å². The third-order valence-electron chi connectivity index (χ3n) is 12.4. The van der Waals surface area contributed by atoms with Crippen molar-refractivity contribution in [2.75, 3.05) is 52.4 Å². The van der Waals surface area contributed by atoms with Gasteiger partial charge >= 0.3 is 0 Å². The Kier molecular flexibility index (Phi) is 16.4. The maximum absolute atomic E-state index is 14.0. The van der Waals surface area contributed by atoms with Gasteiger partial charge in [0.15, 0.2) is 0 Å². The van der Waals surface area contributed by atoms with Crippen molar-refractivity contribution in [3.63, 3.8) is 0 Å². The summed E-state index contributed by atoms with van der Waals surface area (Å²) in [4.78, 5) is 85.3. The van der Waals surface area contributed by atoms with Crippen molar-refractivity contribution in [3.05, 3.63) is 178 Å². The molecule has 0 saturated carbocycles. The van der Waals surface area contributed by atoms with Crippen LogP contribution in [-0.2, 0) is 44.9 Å². The summed E-state index contributed by atoms with van der Waals surface area (Å²) in [6.45, 7) is 0.606. The number of nitrogens with one attached hydrogen (secondary N) is 4. The molecule has 2 aliphatic heterocycles. The Morgan fingerprint density at radius 3 is 0.765 bits per heavy atom. The molecule has 2 heterocycles. The fourth-order valence-corrected chi connectivity index (χ4v) is 8.57. The van der Waals surface area contributed by atoms with Gasteiger partial charge in [-0.15, -0.1) is 0 Å². The van der Waals surface area contributed by atoms with E-state index in [9.17, 15) is 46.3 Å². The third kappa shape index (κ3) is 13.0. The van der Waals surface area contributed by atoms with Crippen molar-refractivity contribution in [2.45, 2.75) is 25.7 Å². The van der Waals surface area contributed by atoms with Gasteiger partial charge < -0.3 is 31.1 Å². The zero-order valence-electron chi connectivity index (χ0n) is 37.2. The molecule has 2 saturated heterocycles. The van der Waals surface area contributed by atoms with Gasteiger partial charge in [-0.05, 0) is 121 Å². The highest BCUT2D eigenvalue weighted by Crippen LogP contribution is 2.28. The molecule has 0 aromatic heterocycles. The summed E-state index contributed by atoms with van der Waals surface area (Å²) in [5.41, 5.74) is 3.62. The molecule has 0 spiro atoms. The first-order valence-electron chi connectivity index (χ1n) is 22.6. The van der Waals surface area contributed by atoms with Crippen LogP contribution < -0.4 is 21.3 Å². The summed E-state index contributed by atoms with van der Waals surface area (Å²) in [6, 6.07) is 29.4. The molecule has 5 aromatic rings. The number of likely N-dealkylation sites (tertiary alicyclic amines) is 2. The summed E-state index contributed by atoms with van der Waals surface area (Å²) in [6.07, 6.45) is 1.66. The van der Waals surface area contributed by atoms with Gasteiger partial charge in [0.05, 0.1) is 23.7 Å². The first kappa shape index (κ1) is 48.6. The van der Waals surface area contributed by atoms with E-state index in [0.717, 1.165) is 22.3 Å². The molecule has 0 bridgehead atoms. The topological polar surface area (TPSA) is 157 Å². The van der Waals surface area contributed by atoms with E-state index in [-0.39, 0.29) is 86.8 Å². The summed E-state index contributed by atoms with van der Waals surface area (Å²) < 4.78 is 53.7. The van der Waals surface area contributed by atoms with Crippen LogP contribution in [0, 0.1) is 46.9 Å². The highest BCUT2D eigenvalue weighted by molar-refractivity contribution is 6.00. The van der Waals surface area contributed by atoms with E-state index in [0.29, 0.717) is 25.7 Å². The SMILES string of the molecule is O=C(NCCc1ccc(F)cc1)[C@H]1CN(C(=O)c2ccc(C(=O)N3C[C@@H](C(=O)NCCc4ccc(F)cc4)[C@H](C(=O)NCCc4ccc(F)cc4)C3)cc2)C[C@@H]1C(=O)NCCc1ccc(F)cc1. The second-order valence-corrected chi connectivity index (χ2v) is 17.1. The van der Waals surface area contributed by atoms with E-state index in [4.69, 9.17) is 0 Å². The lowest BCUT2D eigenvalue weighted by atomic mass is 9.94.